The first kappa shape index (κ1) is 22.8. The minimum Gasteiger partial charge on any atom is -0.508 e. The first-order chi connectivity index (χ1) is 16.3. The monoisotopic (exact) mass is 525 g/mol. The third-order valence-electron chi connectivity index (χ3n) is 7.42. The highest BCUT2D eigenvalue weighted by atomic mass is 79.9. The predicted molar refractivity (Wildman–Crippen MR) is 126 cm³/mol. The van der Waals surface area contributed by atoms with Gasteiger partial charge in [-0.2, -0.15) is 0 Å². The van der Waals surface area contributed by atoms with E-state index in [1.165, 1.54) is 24.2 Å². The molecule has 4 aliphatic rings. The van der Waals surface area contributed by atoms with E-state index < -0.39 is 23.7 Å². The molecule has 176 valence electrons. The zero-order valence-corrected chi connectivity index (χ0v) is 20.4. The van der Waals surface area contributed by atoms with Gasteiger partial charge in [-0.25, -0.2) is 0 Å². The predicted octanol–water partition coefficient (Wildman–Crippen LogP) is 3.57. The minimum absolute atomic E-state index is 0.0309. The number of hydrogen-bond donors (Lipinski definition) is 1. The second-order valence-electron chi connectivity index (χ2n) is 9.15. The molecular formula is C26H24BrNO6. The summed E-state index contributed by atoms with van der Waals surface area (Å²) in [5.74, 6) is -2.70. The Morgan fingerprint density at radius 1 is 1.15 bits per heavy atom. The molecule has 0 spiro atoms. The average Bonchev–Trinajstić information content (AvgIpc) is 3.07. The van der Waals surface area contributed by atoms with Crippen LogP contribution in [0.5, 0.6) is 11.5 Å². The number of aromatic hydroxyl groups is 1. The molecule has 1 aromatic rings. The number of ketones is 2. The van der Waals surface area contributed by atoms with Crippen LogP contribution in [0.3, 0.4) is 0 Å². The zero-order chi connectivity index (χ0) is 24.3. The first-order valence-electron chi connectivity index (χ1n) is 11.4. The lowest BCUT2D eigenvalue weighted by molar-refractivity contribution is -0.140. The van der Waals surface area contributed by atoms with E-state index in [-0.39, 0.29) is 40.0 Å². The quantitative estimate of drug-likeness (QED) is 0.366. The van der Waals surface area contributed by atoms with Gasteiger partial charge >= 0.3 is 0 Å². The van der Waals surface area contributed by atoms with Crippen molar-refractivity contribution in [2.75, 3.05) is 13.7 Å². The fraction of sp³-hybridized carbons (Fsp3) is 0.385. The number of carbonyl (C=O) groups is 4. The molecule has 8 heteroatoms. The highest BCUT2D eigenvalue weighted by Gasteiger charge is 2.56. The molecule has 1 aliphatic heterocycles. The number of phenolic OH excluding ortho intramolecular Hbond substituents is 1. The van der Waals surface area contributed by atoms with Crippen molar-refractivity contribution in [1.29, 1.82) is 0 Å². The van der Waals surface area contributed by atoms with E-state index in [4.69, 9.17) is 4.74 Å². The van der Waals surface area contributed by atoms with Gasteiger partial charge in [0.05, 0.1) is 23.4 Å². The van der Waals surface area contributed by atoms with Crippen molar-refractivity contribution < 1.29 is 29.0 Å². The summed E-state index contributed by atoms with van der Waals surface area (Å²) < 4.78 is 5.53. The highest BCUT2D eigenvalue weighted by molar-refractivity contribution is 9.12. The number of phenols is 1. The number of allylic oxidation sites excluding steroid dienone is 6. The van der Waals surface area contributed by atoms with Crippen LogP contribution in [0, 0.1) is 17.8 Å². The van der Waals surface area contributed by atoms with Crippen LogP contribution < -0.4 is 4.74 Å². The Morgan fingerprint density at radius 3 is 2.62 bits per heavy atom. The summed E-state index contributed by atoms with van der Waals surface area (Å²) >= 11 is 3.21. The van der Waals surface area contributed by atoms with E-state index in [2.05, 4.69) is 15.9 Å². The fourth-order valence-electron chi connectivity index (χ4n) is 5.96. The Bertz CT molecular complexity index is 1240. The summed E-state index contributed by atoms with van der Waals surface area (Å²) in [4.78, 5) is 54.1. The second-order valence-corrected chi connectivity index (χ2v) is 10.0. The Labute approximate surface area is 205 Å². The Morgan fingerprint density at radius 2 is 1.91 bits per heavy atom. The van der Waals surface area contributed by atoms with E-state index >= 15 is 0 Å². The maximum atomic E-state index is 13.4. The SMILES string of the molecule is CCCN1C(=O)C2CC=C3C(c4cc(OC)ccc4O)C4=C(CC3C2C1=O)C(=O)C(Br)=CC4=O. The van der Waals surface area contributed by atoms with Crippen LogP contribution in [0.4, 0.5) is 0 Å². The van der Waals surface area contributed by atoms with Gasteiger partial charge in [0.2, 0.25) is 11.8 Å². The molecule has 4 unspecified atom stereocenters. The molecular weight excluding hydrogens is 502 g/mol. The molecule has 1 N–H and O–H groups in total. The highest BCUT2D eigenvalue weighted by Crippen LogP contribution is 2.56. The van der Waals surface area contributed by atoms with Gasteiger partial charge in [-0.15, -0.1) is 0 Å². The number of ether oxygens (including phenoxy) is 1. The second kappa shape index (κ2) is 8.34. The number of nitrogens with zero attached hydrogens (tertiary/aromatic N) is 1. The van der Waals surface area contributed by atoms with Crippen LogP contribution in [0.1, 0.15) is 37.7 Å². The van der Waals surface area contributed by atoms with E-state index in [1.807, 2.05) is 13.0 Å². The van der Waals surface area contributed by atoms with E-state index in [0.717, 1.165) is 5.57 Å². The van der Waals surface area contributed by atoms with Gasteiger partial charge in [-0.1, -0.05) is 18.6 Å². The van der Waals surface area contributed by atoms with Gasteiger partial charge in [0.1, 0.15) is 11.5 Å². The van der Waals surface area contributed by atoms with Crippen LogP contribution in [0.2, 0.25) is 0 Å². The lowest BCUT2D eigenvalue weighted by Gasteiger charge is -2.42. The number of imide groups is 1. The van der Waals surface area contributed by atoms with Crippen LogP contribution in [-0.2, 0) is 19.2 Å². The zero-order valence-electron chi connectivity index (χ0n) is 18.8. The van der Waals surface area contributed by atoms with Crippen molar-refractivity contribution in [2.45, 2.75) is 32.1 Å². The average molecular weight is 526 g/mol. The molecule has 1 aromatic carbocycles. The van der Waals surface area contributed by atoms with Crippen molar-refractivity contribution in [3.05, 3.63) is 57.1 Å². The van der Waals surface area contributed by atoms with Crippen LogP contribution in [0.25, 0.3) is 0 Å². The van der Waals surface area contributed by atoms with Crippen molar-refractivity contribution in [3.8, 4) is 11.5 Å². The number of amides is 2. The van der Waals surface area contributed by atoms with Crippen molar-refractivity contribution in [1.82, 2.24) is 4.90 Å². The van der Waals surface area contributed by atoms with Crippen molar-refractivity contribution in [2.24, 2.45) is 17.8 Å². The molecule has 34 heavy (non-hydrogen) atoms. The number of methoxy groups -OCH3 is 1. The van der Waals surface area contributed by atoms with Crippen LogP contribution in [-0.4, -0.2) is 47.0 Å². The van der Waals surface area contributed by atoms with Crippen molar-refractivity contribution in [3.63, 3.8) is 0 Å². The lowest BCUT2D eigenvalue weighted by atomic mass is 9.59. The molecule has 0 bridgehead atoms. The number of benzene rings is 1. The summed E-state index contributed by atoms with van der Waals surface area (Å²) in [5, 5.41) is 10.8. The Balaban J connectivity index is 1.70. The normalized spacial score (nSPS) is 28.4. The van der Waals surface area contributed by atoms with Crippen LogP contribution in [0.15, 0.2) is 51.6 Å². The smallest absolute Gasteiger partial charge is 0.233 e. The van der Waals surface area contributed by atoms with Gasteiger partial charge in [-0.05, 0) is 59.3 Å². The van der Waals surface area contributed by atoms with Gasteiger partial charge < -0.3 is 9.84 Å². The minimum atomic E-state index is -0.707. The molecule has 1 heterocycles. The number of halogens is 1. The fourth-order valence-corrected chi connectivity index (χ4v) is 6.41. The molecule has 0 saturated carbocycles. The number of rotatable bonds is 4. The molecule has 1 saturated heterocycles. The molecule has 5 rings (SSSR count). The van der Waals surface area contributed by atoms with Gasteiger partial charge in [0.15, 0.2) is 11.6 Å². The Kier molecular flexibility index (Phi) is 5.59. The largest absolute Gasteiger partial charge is 0.508 e. The molecule has 7 nitrogen and oxygen atoms in total. The van der Waals surface area contributed by atoms with Crippen molar-refractivity contribution >= 4 is 39.3 Å². The molecule has 2 amide bonds. The molecule has 1 fully saturated rings. The number of likely N-dealkylation sites (tertiary alicyclic amines) is 1. The number of fused-ring (bicyclic) bond motifs is 3. The van der Waals surface area contributed by atoms with E-state index in [0.29, 0.717) is 41.8 Å². The standard InChI is InChI=1S/C26H24BrNO6/c1-3-8-28-25(32)14-6-5-13-15(22(14)26(28)33)10-17-23(20(30)11-18(27)24(17)31)21(13)16-9-12(34-2)4-7-19(16)29/h4-5,7,9,11,14-15,21-22,29H,3,6,8,10H2,1-2H3. The Hall–Kier alpha value is -3.00. The number of Topliss-reactive ketones (excluding diaryl/α,β-unsaturated/α-hetero) is 1. The van der Waals surface area contributed by atoms with Crippen LogP contribution >= 0.6 is 15.9 Å². The third kappa shape index (κ3) is 3.22. The summed E-state index contributed by atoms with van der Waals surface area (Å²) in [6, 6.07) is 4.78. The topological polar surface area (TPSA) is 101 Å². The molecule has 0 radical (unpaired) electrons. The number of carbonyl (C=O) groups excluding carboxylic acids is 4. The number of hydrogen-bond acceptors (Lipinski definition) is 6. The van der Waals surface area contributed by atoms with Gasteiger partial charge in [0.25, 0.3) is 0 Å². The van der Waals surface area contributed by atoms with Gasteiger partial charge in [-0.3, -0.25) is 24.1 Å². The third-order valence-corrected chi connectivity index (χ3v) is 8.00. The first-order valence-corrected chi connectivity index (χ1v) is 12.2. The maximum absolute atomic E-state index is 13.4. The van der Waals surface area contributed by atoms with E-state index in [1.54, 1.807) is 12.1 Å². The molecule has 3 aliphatic carbocycles. The summed E-state index contributed by atoms with van der Waals surface area (Å²) in [6.07, 6.45) is 4.46. The summed E-state index contributed by atoms with van der Waals surface area (Å²) in [7, 11) is 1.51. The lowest BCUT2D eigenvalue weighted by Crippen LogP contribution is -2.39. The molecule has 4 atom stereocenters. The summed E-state index contributed by atoms with van der Waals surface area (Å²) in [5.41, 5.74) is 1.90. The molecule has 0 aromatic heterocycles. The summed E-state index contributed by atoms with van der Waals surface area (Å²) in [6.45, 7) is 2.29. The van der Waals surface area contributed by atoms with Gasteiger partial charge in [0, 0.05) is 35.2 Å². The maximum Gasteiger partial charge on any atom is 0.233 e. The van der Waals surface area contributed by atoms with E-state index in [9.17, 15) is 24.3 Å².